The van der Waals surface area contributed by atoms with Crippen LogP contribution in [0.15, 0.2) is 24.3 Å². The first-order valence-electron chi connectivity index (χ1n) is 5.59. The van der Waals surface area contributed by atoms with Crippen molar-refractivity contribution < 1.29 is 14.5 Å². The molecule has 1 aromatic carbocycles. The summed E-state index contributed by atoms with van der Waals surface area (Å²) in [5.41, 5.74) is 0.0259. The molecular formula is C11H13N3O4. The molecule has 1 saturated heterocycles. The molecule has 1 heterocycles. The zero-order valence-corrected chi connectivity index (χ0v) is 9.59. The van der Waals surface area contributed by atoms with Gasteiger partial charge in [0.1, 0.15) is 11.9 Å². The number of nitro groups is 1. The van der Waals surface area contributed by atoms with Crippen molar-refractivity contribution in [1.29, 1.82) is 0 Å². The van der Waals surface area contributed by atoms with Gasteiger partial charge in [-0.3, -0.25) is 10.1 Å². The lowest BCUT2D eigenvalue weighted by Crippen LogP contribution is -2.37. The number of anilines is 1. The maximum atomic E-state index is 11.6. The summed E-state index contributed by atoms with van der Waals surface area (Å²) in [6, 6.07) is 5.47. The molecule has 18 heavy (non-hydrogen) atoms. The molecule has 0 radical (unpaired) electrons. The fourth-order valence-electron chi connectivity index (χ4n) is 1.73. The molecule has 1 aliphatic heterocycles. The van der Waals surface area contributed by atoms with Gasteiger partial charge in [0.05, 0.1) is 4.92 Å². The molecule has 1 unspecified atom stereocenters. The monoisotopic (exact) mass is 251 g/mol. The Morgan fingerprint density at radius 3 is 2.89 bits per heavy atom. The van der Waals surface area contributed by atoms with Crippen LogP contribution in [0.25, 0.3) is 0 Å². The summed E-state index contributed by atoms with van der Waals surface area (Å²) in [6.45, 7) is 0.621. The third-order valence-electron chi connectivity index (χ3n) is 2.57. The van der Waals surface area contributed by atoms with Gasteiger partial charge in [0.15, 0.2) is 0 Å². The maximum absolute atomic E-state index is 11.6. The highest BCUT2D eigenvalue weighted by atomic mass is 16.6. The first-order valence-corrected chi connectivity index (χ1v) is 5.59. The molecule has 2 rings (SSSR count). The van der Waals surface area contributed by atoms with E-state index in [2.05, 4.69) is 10.6 Å². The minimum Gasteiger partial charge on any atom is -0.358 e. The molecule has 1 atom stereocenters. The normalized spacial score (nSPS) is 18.3. The van der Waals surface area contributed by atoms with Crippen LogP contribution in [0.2, 0.25) is 0 Å². The minimum atomic E-state index is -0.540. The molecule has 7 heteroatoms. The summed E-state index contributed by atoms with van der Waals surface area (Å²) in [4.78, 5) is 21.8. The topological polar surface area (TPSA) is 93.5 Å². The molecule has 0 bridgehead atoms. The number of nitrogens with zero attached hydrogens (tertiary/aromatic N) is 1. The van der Waals surface area contributed by atoms with Crippen molar-refractivity contribution in [2.45, 2.75) is 19.1 Å². The number of nitro benzene ring substituents is 1. The summed E-state index contributed by atoms with van der Waals surface area (Å²) in [5, 5.41) is 15.8. The van der Waals surface area contributed by atoms with Crippen LogP contribution in [-0.2, 0) is 4.74 Å². The molecule has 1 aromatic rings. The van der Waals surface area contributed by atoms with Crippen LogP contribution in [0, 0.1) is 10.1 Å². The molecule has 2 N–H and O–H groups in total. The highest BCUT2D eigenvalue weighted by Gasteiger charge is 2.19. The number of benzene rings is 1. The van der Waals surface area contributed by atoms with Crippen LogP contribution in [0.1, 0.15) is 12.8 Å². The lowest BCUT2D eigenvalue weighted by Gasteiger charge is -2.12. The first kappa shape index (κ1) is 12.3. The van der Waals surface area contributed by atoms with Crippen molar-refractivity contribution in [3.05, 3.63) is 34.4 Å². The maximum Gasteiger partial charge on any atom is 0.321 e. The fourth-order valence-corrected chi connectivity index (χ4v) is 1.73. The van der Waals surface area contributed by atoms with Gasteiger partial charge in [-0.1, -0.05) is 12.1 Å². The van der Waals surface area contributed by atoms with Crippen LogP contribution in [0.5, 0.6) is 0 Å². The number of hydrogen-bond acceptors (Lipinski definition) is 4. The molecule has 7 nitrogen and oxygen atoms in total. The van der Waals surface area contributed by atoms with E-state index >= 15 is 0 Å². The van der Waals surface area contributed by atoms with Crippen molar-refractivity contribution >= 4 is 17.4 Å². The number of carbonyl (C=O) groups excluding carboxylic acids is 1. The lowest BCUT2D eigenvalue weighted by atomic mass is 10.3. The zero-order valence-electron chi connectivity index (χ0n) is 9.59. The van der Waals surface area contributed by atoms with E-state index in [1.165, 1.54) is 12.1 Å². The van der Waals surface area contributed by atoms with E-state index in [0.29, 0.717) is 6.61 Å². The van der Waals surface area contributed by atoms with Gasteiger partial charge in [-0.05, 0) is 18.9 Å². The third kappa shape index (κ3) is 2.95. The van der Waals surface area contributed by atoms with E-state index in [1.807, 2.05) is 0 Å². The molecule has 0 spiro atoms. The van der Waals surface area contributed by atoms with Crippen LogP contribution in [0.4, 0.5) is 16.2 Å². The van der Waals surface area contributed by atoms with Crippen molar-refractivity contribution in [1.82, 2.24) is 5.32 Å². The summed E-state index contributed by atoms with van der Waals surface area (Å²) >= 11 is 0. The Kier molecular flexibility index (Phi) is 3.73. The van der Waals surface area contributed by atoms with Gasteiger partial charge in [0.25, 0.3) is 5.69 Å². The van der Waals surface area contributed by atoms with Crippen molar-refractivity contribution in [2.75, 3.05) is 11.9 Å². The van der Waals surface area contributed by atoms with Crippen LogP contribution < -0.4 is 10.6 Å². The Labute approximate surface area is 103 Å². The van der Waals surface area contributed by atoms with E-state index in [4.69, 9.17) is 4.74 Å². The first-order chi connectivity index (χ1) is 8.66. The molecule has 1 aliphatic rings. The van der Waals surface area contributed by atoms with E-state index < -0.39 is 11.0 Å². The van der Waals surface area contributed by atoms with Gasteiger partial charge in [-0.2, -0.15) is 0 Å². The molecule has 2 amide bonds. The number of hydrogen-bond donors (Lipinski definition) is 2. The van der Waals surface area contributed by atoms with Gasteiger partial charge < -0.3 is 15.4 Å². The molecule has 0 aliphatic carbocycles. The quantitative estimate of drug-likeness (QED) is 0.633. The predicted molar refractivity (Wildman–Crippen MR) is 64.2 cm³/mol. The second kappa shape index (κ2) is 5.46. The smallest absolute Gasteiger partial charge is 0.321 e. The van der Waals surface area contributed by atoms with E-state index in [0.717, 1.165) is 12.8 Å². The number of urea groups is 1. The Balaban J connectivity index is 2.00. The van der Waals surface area contributed by atoms with Crippen molar-refractivity contribution in [3.8, 4) is 0 Å². The third-order valence-corrected chi connectivity index (χ3v) is 2.57. The Hall–Kier alpha value is -2.15. The van der Waals surface area contributed by atoms with Crippen LogP contribution in [-0.4, -0.2) is 23.8 Å². The van der Waals surface area contributed by atoms with E-state index in [1.54, 1.807) is 12.1 Å². The standard InChI is InChI=1S/C11H13N3O4/c15-11(13-10-6-3-7-18-10)12-8-4-1-2-5-9(8)14(16)17/h1-2,4-5,10H,3,6-7H2,(H2,12,13,15). The molecular weight excluding hydrogens is 238 g/mol. The van der Waals surface area contributed by atoms with Crippen molar-refractivity contribution in [2.24, 2.45) is 0 Å². The average Bonchev–Trinajstić information content (AvgIpc) is 2.82. The Bertz CT molecular complexity index is 457. The van der Waals surface area contributed by atoms with Gasteiger partial charge in [0.2, 0.25) is 0 Å². The van der Waals surface area contributed by atoms with Crippen LogP contribution in [0.3, 0.4) is 0 Å². The SMILES string of the molecule is O=C(Nc1ccccc1[N+](=O)[O-])NC1CCCO1. The molecule has 0 saturated carbocycles. The highest BCUT2D eigenvalue weighted by molar-refractivity contribution is 5.91. The summed E-state index contributed by atoms with van der Waals surface area (Å²) in [7, 11) is 0. The zero-order chi connectivity index (χ0) is 13.0. The molecule has 0 aromatic heterocycles. The van der Waals surface area contributed by atoms with Gasteiger partial charge >= 0.3 is 6.03 Å². The number of amides is 2. The molecule has 96 valence electrons. The number of carbonyl (C=O) groups is 1. The van der Waals surface area contributed by atoms with E-state index in [9.17, 15) is 14.9 Å². The average molecular weight is 251 g/mol. The van der Waals surface area contributed by atoms with E-state index in [-0.39, 0.29) is 17.6 Å². The van der Waals surface area contributed by atoms with Gasteiger partial charge in [-0.15, -0.1) is 0 Å². The van der Waals surface area contributed by atoms with Crippen molar-refractivity contribution in [3.63, 3.8) is 0 Å². The van der Waals surface area contributed by atoms with Gasteiger partial charge in [-0.25, -0.2) is 4.79 Å². The second-order valence-electron chi connectivity index (χ2n) is 3.87. The lowest BCUT2D eigenvalue weighted by molar-refractivity contribution is -0.383. The molecule has 1 fully saturated rings. The Morgan fingerprint density at radius 1 is 1.44 bits per heavy atom. The summed E-state index contributed by atoms with van der Waals surface area (Å²) in [5.74, 6) is 0. The highest BCUT2D eigenvalue weighted by Crippen LogP contribution is 2.23. The Morgan fingerprint density at radius 2 is 2.22 bits per heavy atom. The second-order valence-corrected chi connectivity index (χ2v) is 3.87. The van der Waals surface area contributed by atoms with Gasteiger partial charge in [0, 0.05) is 12.7 Å². The largest absolute Gasteiger partial charge is 0.358 e. The summed E-state index contributed by atoms with van der Waals surface area (Å²) < 4.78 is 5.23. The number of nitrogens with one attached hydrogen (secondary N) is 2. The fraction of sp³-hybridized carbons (Fsp3) is 0.364. The number of para-hydroxylation sites is 2. The summed E-state index contributed by atoms with van der Waals surface area (Å²) in [6.07, 6.45) is 1.34. The van der Waals surface area contributed by atoms with Crippen LogP contribution >= 0.6 is 0 Å². The number of rotatable bonds is 3. The predicted octanol–water partition coefficient (Wildman–Crippen LogP) is 1.85. The number of ether oxygens (including phenoxy) is 1. The minimum absolute atomic E-state index is 0.139.